The Kier molecular flexibility index (Phi) is 5.80. The average Bonchev–Trinajstić information content (AvgIpc) is 3.37. The smallest absolute Gasteiger partial charge is 0.216 e. The molecule has 1 heterocycles. The van der Waals surface area contributed by atoms with Gasteiger partial charge in [0.15, 0.2) is 5.82 Å². The molecule has 0 spiro atoms. The van der Waals surface area contributed by atoms with Crippen molar-refractivity contribution in [3.05, 3.63) is 40.4 Å². The Morgan fingerprint density at radius 1 is 1.29 bits per heavy atom. The fraction of sp³-hybridized carbons (Fsp3) is 0.500. The van der Waals surface area contributed by atoms with Crippen molar-refractivity contribution < 1.29 is 4.74 Å². The van der Waals surface area contributed by atoms with Crippen LogP contribution in [0.3, 0.4) is 0 Å². The zero-order chi connectivity index (χ0) is 16.8. The molecule has 0 atom stereocenters. The summed E-state index contributed by atoms with van der Waals surface area (Å²) >= 11 is 5.25. The Morgan fingerprint density at radius 2 is 2.08 bits per heavy atom. The molecule has 24 heavy (non-hydrogen) atoms. The number of ether oxygens (including phenoxy) is 1. The van der Waals surface area contributed by atoms with Crippen LogP contribution in [0.15, 0.2) is 29.4 Å². The highest BCUT2D eigenvalue weighted by atomic mass is 32.1. The van der Waals surface area contributed by atoms with E-state index in [1.807, 2.05) is 30.5 Å². The van der Waals surface area contributed by atoms with E-state index >= 15 is 0 Å². The average molecular weight is 344 g/mol. The van der Waals surface area contributed by atoms with Gasteiger partial charge < -0.3 is 4.74 Å². The highest BCUT2D eigenvalue weighted by Gasteiger charge is 2.29. The SMILES string of the molecule is CCCCCCOc1ccc(/C=N\n2c(C3CC3)n[nH]c2=S)cc1. The molecule has 0 radical (unpaired) electrons. The van der Waals surface area contributed by atoms with E-state index in [2.05, 4.69) is 22.2 Å². The van der Waals surface area contributed by atoms with Crippen LogP contribution in [0.2, 0.25) is 0 Å². The second kappa shape index (κ2) is 8.24. The molecule has 1 saturated carbocycles. The summed E-state index contributed by atoms with van der Waals surface area (Å²) < 4.78 is 8.02. The largest absolute Gasteiger partial charge is 0.494 e. The van der Waals surface area contributed by atoms with Gasteiger partial charge in [-0.05, 0) is 61.3 Å². The molecule has 1 aliphatic rings. The summed E-state index contributed by atoms with van der Waals surface area (Å²) in [7, 11) is 0. The van der Waals surface area contributed by atoms with Crippen molar-refractivity contribution in [3.8, 4) is 5.75 Å². The summed E-state index contributed by atoms with van der Waals surface area (Å²) in [5.74, 6) is 2.34. The van der Waals surface area contributed by atoms with Gasteiger partial charge in [0, 0.05) is 5.92 Å². The minimum atomic E-state index is 0.499. The number of nitrogens with one attached hydrogen (secondary N) is 1. The number of unbranched alkanes of at least 4 members (excludes halogenated alkanes) is 3. The van der Waals surface area contributed by atoms with Crippen molar-refractivity contribution in [2.24, 2.45) is 5.10 Å². The van der Waals surface area contributed by atoms with E-state index in [0.29, 0.717) is 10.7 Å². The van der Waals surface area contributed by atoms with Crippen LogP contribution in [0, 0.1) is 4.77 Å². The van der Waals surface area contributed by atoms with Crippen LogP contribution in [0.25, 0.3) is 0 Å². The maximum absolute atomic E-state index is 5.75. The van der Waals surface area contributed by atoms with Crippen LogP contribution < -0.4 is 4.74 Å². The maximum atomic E-state index is 5.75. The molecule has 3 rings (SSSR count). The van der Waals surface area contributed by atoms with E-state index in [1.54, 1.807) is 4.68 Å². The van der Waals surface area contributed by atoms with Crippen LogP contribution in [0.4, 0.5) is 0 Å². The zero-order valence-electron chi connectivity index (χ0n) is 14.1. The minimum Gasteiger partial charge on any atom is -0.494 e. The molecule has 1 fully saturated rings. The van der Waals surface area contributed by atoms with Gasteiger partial charge in [0.1, 0.15) is 5.75 Å². The molecule has 128 valence electrons. The maximum Gasteiger partial charge on any atom is 0.216 e. The number of benzene rings is 1. The molecule has 1 N–H and O–H groups in total. The van der Waals surface area contributed by atoms with Gasteiger partial charge in [0.05, 0.1) is 12.8 Å². The van der Waals surface area contributed by atoms with Gasteiger partial charge >= 0.3 is 0 Å². The second-order valence-electron chi connectivity index (χ2n) is 6.20. The van der Waals surface area contributed by atoms with Crippen LogP contribution in [0.5, 0.6) is 5.75 Å². The van der Waals surface area contributed by atoms with E-state index < -0.39 is 0 Å². The van der Waals surface area contributed by atoms with Crippen molar-refractivity contribution in [1.82, 2.24) is 14.9 Å². The number of hydrogen-bond donors (Lipinski definition) is 1. The van der Waals surface area contributed by atoms with Crippen LogP contribution in [-0.2, 0) is 0 Å². The van der Waals surface area contributed by atoms with Gasteiger partial charge in [-0.25, -0.2) is 0 Å². The van der Waals surface area contributed by atoms with E-state index in [0.717, 1.165) is 30.2 Å². The third-order valence-electron chi connectivity index (χ3n) is 4.09. The fourth-order valence-electron chi connectivity index (χ4n) is 2.51. The predicted molar refractivity (Wildman–Crippen MR) is 98.5 cm³/mol. The molecule has 1 aromatic heterocycles. The Bertz CT molecular complexity index is 728. The lowest BCUT2D eigenvalue weighted by Gasteiger charge is -2.06. The van der Waals surface area contributed by atoms with Crippen molar-refractivity contribution in [3.63, 3.8) is 0 Å². The summed E-state index contributed by atoms with van der Waals surface area (Å²) in [4.78, 5) is 0. The highest BCUT2D eigenvalue weighted by Crippen LogP contribution is 2.38. The first-order chi connectivity index (χ1) is 11.8. The first kappa shape index (κ1) is 16.9. The summed E-state index contributed by atoms with van der Waals surface area (Å²) in [6.07, 6.45) is 9.01. The van der Waals surface area contributed by atoms with Crippen molar-refractivity contribution >= 4 is 18.4 Å². The van der Waals surface area contributed by atoms with E-state index in [9.17, 15) is 0 Å². The Balaban J connectivity index is 1.56. The Hall–Kier alpha value is -1.95. The minimum absolute atomic E-state index is 0.499. The molecule has 2 aromatic rings. The molecule has 0 amide bonds. The summed E-state index contributed by atoms with van der Waals surface area (Å²) in [6, 6.07) is 7.98. The molecule has 6 heteroatoms. The topological polar surface area (TPSA) is 55.2 Å². The summed E-state index contributed by atoms with van der Waals surface area (Å²) in [6.45, 7) is 2.99. The molecule has 0 unspecified atom stereocenters. The quantitative estimate of drug-likeness (QED) is 0.409. The van der Waals surface area contributed by atoms with Crippen molar-refractivity contribution in [2.45, 2.75) is 51.4 Å². The van der Waals surface area contributed by atoms with Crippen LogP contribution in [0.1, 0.15) is 62.8 Å². The highest BCUT2D eigenvalue weighted by molar-refractivity contribution is 7.71. The van der Waals surface area contributed by atoms with Crippen LogP contribution in [-0.4, -0.2) is 27.7 Å². The monoisotopic (exact) mass is 344 g/mol. The number of aromatic amines is 1. The third-order valence-corrected chi connectivity index (χ3v) is 4.35. The van der Waals surface area contributed by atoms with E-state index in [-0.39, 0.29) is 0 Å². The number of aromatic nitrogens is 3. The standard InChI is InChI=1S/C18H24N4OS/c1-2-3-4-5-12-23-16-10-6-14(7-11-16)13-19-22-17(15-8-9-15)20-21-18(22)24/h6-7,10-11,13,15H,2-5,8-9,12H2,1H3,(H,21,24)/b19-13-. The number of hydrogen-bond acceptors (Lipinski definition) is 4. The van der Waals surface area contributed by atoms with Gasteiger partial charge in [-0.2, -0.15) is 14.9 Å². The summed E-state index contributed by atoms with van der Waals surface area (Å²) in [5.41, 5.74) is 1.01. The number of rotatable bonds is 9. The zero-order valence-corrected chi connectivity index (χ0v) is 14.9. The van der Waals surface area contributed by atoms with E-state index in [4.69, 9.17) is 17.0 Å². The molecule has 0 aliphatic heterocycles. The Labute approximate surface area is 147 Å². The molecule has 0 saturated heterocycles. The lowest BCUT2D eigenvalue weighted by atomic mass is 10.2. The predicted octanol–water partition coefficient (Wildman–Crippen LogP) is 4.66. The van der Waals surface area contributed by atoms with Gasteiger partial charge in [-0.3, -0.25) is 5.10 Å². The first-order valence-corrected chi connectivity index (χ1v) is 9.13. The molecule has 1 aliphatic carbocycles. The molecule has 0 bridgehead atoms. The lowest BCUT2D eigenvalue weighted by Crippen LogP contribution is -1.98. The van der Waals surface area contributed by atoms with Gasteiger partial charge in [0.25, 0.3) is 0 Å². The third kappa shape index (κ3) is 4.54. The van der Waals surface area contributed by atoms with Crippen molar-refractivity contribution in [1.29, 1.82) is 0 Å². The summed E-state index contributed by atoms with van der Waals surface area (Å²) in [5, 5.41) is 11.6. The van der Waals surface area contributed by atoms with Crippen LogP contribution >= 0.6 is 12.2 Å². The molecular formula is C18H24N4OS. The Morgan fingerprint density at radius 3 is 2.79 bits per heavy atom. The van der Waals surface area contributed by atoms with Gasteiger partial charge in [-0.1, -0.05) is 26.2 Å². The number of nitrogens with zero attached hydrogens (tertiary/aromatic N) is 3. The van der Waals surface area contributed by atoms with Crippen molar-refractivity contribution in [2.75, 3.05) is 6.61 Å². The molecule has 5 nitrogen and oxygen atoms in total. The lowest BCUT2D eigenvalue weighted by molar-refractivity contribution is 0.305. The van der Waals surface area contributed by atoms with E-state index in [1.165, 1.54) is 32.1 Å². The fourth-order valence-corrected chi connectivity index (χ4v) is 2.70. The molecule has 1 aromatic carbocycles. The normalized spacial score (nSPS) is 14.4. The second-order valence-corrected chi connectivity index (χ2v) is 6.58. The molecular weight excluding hydrogens is 320 g/mol. The van der Waals surface area contributed by atoms with Gasteiger partial charge in [-0.15, -0.1) is 0 Å². The van der Waals surface area contributed by atoms with Gasteiger partial charge in [0.2, 0.25) is 4.77 Å². The number of H-pyrrole nitrogens is 1. The first-order valence-electron chi connectivity index (χ1n) is 8.72.